The van der Waals surface area contributed by atoms with Crippen LogP contribution in [0.2, 0.25) is 0 Å². The number of likely N-dealkylation sites (N-methyl/N-ethyl adjacent to an activating group) is 3. The average molecular weight is 1710 g/mol. The standard InChI is InChI=1S/3C33H36F2N4O2/c3*1-38-8-10-39(11-9-38)29-4-5-30(26(19-29)15-22-6-12-41-13-7-22)33(40)37-32-31-18-23(2-3-25(31)21-36-32)14-24-16-27(34)20-28(35)17-24/h3*2-5,16-20,22H,6-15,21H2,1H3,(H,36,37,40)/i1D3,8D2,9D2,10D2,11D2,14D2,20D;8D2,9D2,10D2,11D2,14D2,20D;12D2,13D2,14D2,20D. The maximum atomic E-state index is 14.2. The first kappa shape index (κ1) is 54.7. The molecule has 18 nitrogen and oxygen atoms in total. The number of ether oxygens (including phenoxy) is 3. The molecule has 0 unspecified atom stereocenters. The lowest BCUT2D eigenvalue weighted by atomic mass is 9.89. The molecule has 9 aliphatic heterocycles. The summed E-state index contributed by atoms with van der Waals surface area (Å²) in [7, 11) is 3.03. The molecule has 0 saturated carbocycles. The van der Waals surface area contributed by atoms with Crippen LogP contribution in [0.25, 0.3) is 0 Å². The smallest absolute Gasteiger partial charge is 0.257 e. The van der Waals surface area contributed by atoms with Crippen molar-refractivity contribution in [2.24, 2.45) is 32.7 Å². The summed E-state index contributed by atoms with van der Waals surface area (Å²) in [6, 6.07) is 28.3. The fraction of sp³-hybridized carbons (Fsp3) is 0.394. The fourth-order valence-corrected chi connectivity index (χ4v) is 15.5. The molecule has 0 aliphatic carbocycles. The van der Waals surface area contributed by atoms with Crippen LogP contribution >= 0.6 is 0 Å². The van der Waals surface area contributed by atoms with Gasteiger partial charge in [-0.25, -0.2) is 26.3 Å². The Morgan fingerprint density at radius 2 is 0.715 bits per heavy atom. The molecular formula is C99H108F6N12O6. The van der Waals surface area contributed by atoms with Gasteiger partial charge in [0, 0.05) is 210 Å². The van der Waals surface area contributed by atoms with E-state index in [0.717, 1.165) is 86.9 Å². The second kappa shape index (κ2) is 39.8. The van der Waals surface area contributed by atoms with E-state index in [0.29, 0.717) is 106 Å². The van der Waals surface area contributed by atoms with Crippen LogP contribution in [0.1, 0.15) is 197 Å². The zero-order valence-electron chi connectivity index (χ0n) is 99.0. The molecule has 0 atom stereocenters. The van der Waals surface area contributed by atoms with Gasteiger partial charge in [0.15, 0.2) is 0 Å². The predicted molar refractivity (Wildman–Crippen MR) is 470 cm³/mol. The summed E-state index contributed by atoms with van der Waals surface area (Å²) in [5.74, 6) is -9.19. The second-order valence-corrected chi connectivity index (χ2v) is 30.7. The first-order valence-electron chi connectivity index (χ1n) is 56.2. The number of rotatable bonds is 18. The number of halogens is 6. The van der Waals surface area contributed by atoms with Crippen molar-refractivity contribution in [1.29, 1.82) is 0 Å². The number of fused-ring (bicyclic) bond motifs is 3. The zero-order valence-corrected chi connectivity index (χ0v) is 67.0. The summed E-state index contributed by atoms with van der Waals surface area (Å²) >= 11 is 0. The summed E-state index contributed by atoms with van der Waals surface area (Å²) in [5.41, 5.74) is 4.37. The molecule has 0 aromatic heterocycles. The highest BCUT2D eigenvalue weighted by molar-refractivity contribution is 6.16. The monoisotopic (exact) mass is 1710 g/mol. The lowest BCUT2D eigenvalue weighted by Gasteiger charge is -2.34. The second-order valence-electron chi connectivity index (χ2n) is 30.7. The topological polar surface area (TPSA) is 172 Å². The molecule has 642 valence electrons. The summed E-state index contributed by atoms with van der Waals surface area (Å²) < 4.78 is 369. The van der Waals surface area contributed by atoms with Gasteiger partial charge in [-0.2, -0.15) is 0 Å². The van der Waals surface area contributed by atoms with Gasteiger partial charge in [0.2, 0.25) is 0 Å². The van der Waals surface area contributed by atoms with Crippen molar-refractivity contribution in [3.05, 3.63) is 299 Å². The van der Waals surface area contributed by atoms with E-state index in [1.54, 1.807) is 24.3 Å². The Morgan fingerprint density at radius 3 is 1.06 bits per heavy atom. The van der Waals surface area contributed by atoms with Gasteiger partial charge in [0.1, 0.15) is 52.4 Å². The number of hydrogen-bond acceptors (Lipinski definition) is 15. The lowest BCUT2D eigenvalue weighted by Crippen LogP contribution is -2.44. The highest BCUT2D eigenvalue weighted by atomic mass is 19.2. The van der Waals surface area contributed by atoms with Crippen molar-refractivity contribution in [3.8, 4) is 0 Å². The van der Waals surface area contributed by atoms with Gasteiger partial charge in [0.25, 0.3) is 17.7 Å². The third kappa shape index (κ3) is 22.2. The summed E-state index contributed by atoms with van der Waals surface area (Å²) in [4.78, 5) is 60.4. The molecule has 123 heavy (non-hydrogen) atoms. The molecule has 24 heteroatoms. The minimum Gasteiger partial charge on any atom is -0.381 e. The van der Waals surface area contributed by atoms with Crippen molar-refractivity contribution >= 4 is 52.3 Å². The van der Waals surface area contributed by atoms with E-state index in [9.17, 15) is 40.7 Å². The Labute approximate surface area is 761 Å². The Bertz CT molecular complexity index is 6950. The van der Waals surface area contributed by atoms with Gasteiger partial charge in [0.05, 0.1) is 40.2 Å². The van der Waals surface area contributed by atoms with Crippen LogP contribution in [0.15, 0.2) is 179 Å². The number of amidine groups is 3. The molecule has 9 heterocycles. The minimum absolute atomic E-state index is 0.0157. The molecule has 9 aromatic rings. The van der Waals surface area contributed by atoms with Crippen LogP contribution in [0, 0.1) is 52.7 Å². The summed E-state index contributed by atoms with van der Waals surface area (Å²) in [5, 5.41) is 8.35. The van der Waals surface area contributed by atoms with E-state index in [1.807, 2.05) is 12.1 Å². The Kier molecular flexibility index (Phi) is 17.7. The summed E-state index contributed by atoms with van der Waals surface area (Å²) in [6.45, 7) is -28.5. The quantitative estimate of drug-likeness (QED) is 0.0696. The van der Waals surface area contributed by atoms with Crippen molar-refractivity contribution in [2.75, 3.05) is 153 Å². The van der Waals surface area contributed by atoms with Gasteiger partial charge in [-0.05, 0) is 292 Å². The number of nitrogens with one attached hydrogen (secondary N) is 3. The number of carbonyl (C=O) groups is 3. The van der Waals surface area contributed by atoms with E-state index in [2.05, 4.69) is 47.8 Å². The van der Waals surface area contributed by atoms with Crippen LogP contribution in [0.5, 0.6) is 0 Å². The number of amides is 3. The average Bonchev–Trinajstić information content (AvgIpc) is 0.952. The molecule has 0 spiro atoms. The fourth-order valence-electron chi connectivity index (χ4n) is 15.5. The van der Waals surface area contributed by atoms with Crippen molar-refractivity contribution in [2.45, 2.75) is 96.5 Å². The van der Waals surface area contributed by atoms with Crippen molar-refractivity contribution in [3.63, 3.8) is 0 Å². The normalized spacial score (nSPS) is 26.2. The molecule has 6 fully saturated rings. The molecule has 3 N–H and O–H groups in total. The van der Waals surface area contributed by atoms with Crippen LogP contribution in [0.4, 0.5) is 43.4 Å². The van der Waals surface area contributed by atoms with Crippen LogP contribution < -0.4 is 30.7 Å². The number of piperazine rings is 3. The SMILES string of the molecule is [2H]c1c(F)cc(C([2H])([2H])c2ccc3c(c2)C(NC(=O)c2ccc(N4C([2H])([2H])C([2H])([2H])N(C([2H])([2H])[2H])C([2H])([2H])C4([2H])[2H])cc2CC2CCOCC2)=NC3)cc1F.[2H]c1c(F)cc(C([2H])([2H])c2ccc3c(c2)C(NC(=O)c2ccc(N4C([2H])([2H])C([2H])([2H])N(C)C([2H])([2H])C4([2H])[2H])cc2CC2CCOCC2)=NC3)cc1F.[2H]c1c(F)cc(C([2H])([2H])c2ccc3c(c2)C(NC(=O)c2ccc(N4CCN(C)CC4)cc2CC2CC([2H])([2H])OC([2H])([2H])C2)=NC3)cc1F. The number of aliphatic imine (C=N–C) groups is 3. The van der Waals surface area contributed by atoms with E-state index in [4.69, 9.17) is 58.1 Å². The summed E-state index contributed by atoms with van der Waals surface area (Å²) in [6.07, 6.45) is -4.02. The molecular weight excluding hydrogens is 1570 g/mol. The minimum atomic E-state index is -3.60. The Morgan fingerprint density at radius 1 is 0.390 bits per heavy atom. The molecule has 6 saturated heterocycles. The zero-order chi connectivity index (χ0) is 113. The van der Waals surface area contributed by atoms with Crippen LogP contribution in [-0.4, -0.2) is 189 Å². The number of nitrogens with zero attached hydrogens (tertiary/aromatic N) is 9. The molecule has 0 radical (unpaired) electrons. The molecule has 0 bridgehead atoms. The number of hydrogen-bond donors (Lipinski definition) is 3. The number of anilines is 3. The first-order chi connectivity index (χ1) is 72.0. The van der Waals surface area contributed by atoms with E-state index in [1.165, 1.54) is 66.7 Å². The van der Waals surface area contributed by atoms with E-state index in [-0.39, 0.29) is 147 Å². The maximum Gasteiger partial charge on any atom is 0.257 e. The molecule has 9 aliphatic rings. The molecule has 3 amide bonds. The van der Waals surface area contributed by atoms with Crippen LogP contribution in [-0.2, 0) is 72.2 Å². The highest BCUT2D eigenvalue weighted by Crippen LogP contribution is 2.34. The van der Waals surface area contributed by atoms with E-state index >= 15 is 0 Å². The predicted octanol–water partition coefficient (Wildman–Crippen LogP) is 14.9. The Balaban J connectivity index is 0.000000165. The third-order valence-electron chi connectivity index (χ3n) is 22.0. The molecule has 9 aromatic carbocycles. The third-order valence-corrected chi connectivity index (χ3v) is 22.0. The maximum absolute atomic E-state index is 14.2. The van der Waals surface area contributed by atoms with Gasteiger partial charge >= 0.3 is 0 Å². The number of carbonyl (C=O) groups excluding carboxylic acids is 3. The first-order valence-corrected chi connectivity index (χ1v) is 40.2. The van der Waals surface area contributed by atoms with Crippen molar-refractivity contribution in [1.82, 2.24) is 30.7 Å². The van der Waals surface area contributed by atoms with Crippen molar-refractivity contribution < 1.29 is 98.8 Å². The Hall–Kier alpha value is -10.9. The van der Waals surface area contributed by atoms with Gasteiger partial charge in [-0.1, -0.05) is 36.4 Å². The van der Waals surface area contributed by atoms with Crippen LogP contribution in [0.3, 0.4) is 0 Å². The largest absolute Gasteiger partial charge is 0.381 e. The number of benzene rings is 9. The van der Waals surface area contributed by atoms with E-state index < -0.39 is 173 Å². The van der Waals surface area contributed by atoms with Gasteiger partial charge < -0.3 is 59.6 Å². The lowest BCUT2D eigenvalue weighted by molar-refractivity contribution is 0.0663. The van der Waals surface area contributed by atoms with Gasteiger partial charge in [-0.3, -0.25) is 29.4 Å². The molecule has 18 rings (SSSR count). The van der Waals surface area contributed by atoms with Gasteiger partial charge in [-0.15, -0.1) is 0 Å². The highest BCUT2D eigenvalue weighted by Gasteiger charge is 2.31.